The second-order valence-corrected chi connectivity index (χ2v) is 5.49. The lowest BCUT2D eigenvalue weighted by molar-refractivity contribution is 0.102. The summed E-state index contributed by atoms with van der Waals surface area (Å²) in [5, 5.41) is 3.37. The van der Waals surface area contributed by atoms with Gasteiger partial charge in [-0.3, -0.25) is 9.78 Å². The molecular formula is C19H16F2N2O2. The maximum Gasteiger partial charge on any atom is 0.257 e. The summed E-state index contributed by atoms with van der Waals surface area (Å²) in [7, 11) is 0. The minimum absolute atomic E-state index is 0.254. The first-order chi connectivity index (χ1) is 12.0. The van der Waals surface area contributed by atoms with E-state index in [-0.39, 0.29) is 11.6 Å². The van der Waals surface area contributed by atoms with Gasteiger partial charge in [0.15, 0.2) is 0 Å². The van der Waals surface area contributed by atoms with E-state index in [0.29, 0.717) is 34.5 Å². The van der Waals surface area contributed by atoms with Gasteiger partial charge in [0.05, 0.1) is 29.1 Å². The van der Waals surface area contributed by atoms with Gasteiger partial charge in [-0.2, -0.15) is 0 Å². The molecule has 1 aromatic heterocycles. The molecule has 0 atom stereocenters. The number of pyridine rings is 1. The number of anilines is 1. The molecule has 0 saturated carbocycles. The highest BCUT2D eigenvalue weighted by Gasteiger charge is 2.15. The molecule has 0 aliphatic carbocycles. The smallest absolute Gasteiger partial charge is 0.257 e. The molecule has 0 radical (unpaired) electrons. The van der Waals surface area contributed by atoms with Crippen LogP contribution in [0.15, 0.2) is 42.5 Å². The summed E-state index contributed by atoms with van der Waals surface area (Å²) in [6.07, 6.45) is 0. The SMILES string of the molecule is CCOc1cc(F)ccc1NC(=O)c1cc2ccc(F)cc2nc1C. The molecule has 3 rings (SSSR count). The van der Waals surface area contributed by atoms with E-state index in [1.807, 2.05) is 0 Å². The average Bonchev–Trinajstić information content (AvgIpc) is 2.56. The molecule has 3 aromatic rings. The lowest BCUT2D eigenvalue weighted by Gasteiger charge is -2.13. The second kappa shape index (κ2) is 6.84. The molecule has 0 saturated heterocycles. The summed E-state index contributed by atoms with van der Waals surface area (Å²) < 4.78 is 32.0. The van der Waals surface area contributed by atoms with Crippen LogP contribution in [-0.4, -0.2) is 17.5 Å². The number of amides is 1. The van der Waals surface area contributed by atoms with Crippen molar-refractivity contribution in [2.24, 2.45) is 0 Å². The van der Waals surface area contributed by atoms with Crippen LogP contribution >= 0.6 is 0 Å². The van der Waals surface area contributed by atoms with Crippen molar-refractivity contribution in [1.29, 1.82) is 0 Å². The number of fused-ring (bicyclic) bond motifs is 1. The number of hydrogen-bond acceptors (Lipinski definition) is 3. The van der Waals surface area contributed by atoms with Crippen LogP contribution in [0.25, 0.3) is 10.9 Å². The number of ether oxygens (including phenoxy) is 1. The number of rotatable bonds is 4. The molecule has 0 unspecified atom stereocenters. The Morgan fingerprint density at radius 1 is 1.12 bits per heavy atom. The molecule has 0 fully saturated rings. The third-order valence-corrected chi connectivity index (χ3v) is 3.71. The molecule has 0 aliphatic rings. The van der Waals surface area contributed by atoms with Crippen molar-refractivity contribution < 1.29 is 18.3 Å². The first-order valence-corrected chi connectivity index (χ1v) is 7.78. The highest BCUT2D eigenvalue weighted by Crippen LogP contribution is 2.27. The van der Waals surface area contributed by atoms with Crippen LogP contribution in [-0.2, 0) is 0 Å². The van der Waals surface area contributed by atoms with Gasteiger partial charge in [0.2, 0.25) is 0 Å². The Labute approximate surface area is 143 Å². The van der Waals surface area contributed by atoms with Crippen LogP contribution in [0.1, 0.15) is 23.0 Å². The predicted molar refractivity (Wildman–Crippen MR) is 92.0 cm³/mol. The number of hydrogen-bond donors (Lipinski definition) is 1. The van der Waals surface area contributed by atoms with Crippen LogP contribution in [0.3, 0.4) is 0 Å². The van der Waals surface area contributed by atoms with E-state index in [1.54, 1.807) is 26.0 Å². The summed E-state index contributed by atoms with van der Waals surface area (Å²) >= 11 is 0. The van der Waals surface area contributed by atoms with Crippen LogP contribution in [0.4, 0.5) is 14.5 Å². The van der Waals surface area contributed by atoms with E-state index in [2.05, 4.69) is 10.3 Å². The molecule has 1 amide bonds. The van der Waals surface area contributed by atoms with Gasteiger partial charge in [0.25, 0.3) is 5.91 Å². The molecule has 25 heavy (non-hydrogen) atoms. The van der Waals surface area contributed by atoms with Gasteiger partial charge in [-0.1, -0.05) is 0 Å². The summed E-state index contributed by atoms with van der Waals surface area (Å²) in [6.45, 7) is 3.79. The number of aryl methyl sites for hydroxylation is 1. The highest BCUT2D eigenvalue weighted by molar-refractivity contribution is 6.07. The van der Waals surface area contributed by atoms with Gasteiger partial charge in [-0.15, -0.1) is 0 Å². The van der Waals surface area contributed by atoms with Crippen LogP contribution in [0, 0.1) is 18.6 Å². The van der Waals surface area contributed by atoms with Crippen molar-refractivity contribution in [3.63, 3.8) is 0 Å². The van der Waals surface area contributed by atoms with Crippen LogP contribution in [0.5, 0.6) is 5.75 Å². The van der Waals surface area contributed by atoms with Gasteiger partial charge >= 0.3 is 0 Å². The van der Waals surface area contributed by atoms with Crippen molar-refractivity contribution >= 4 is 22.5 Å². The largest absolute Gasteiger partial charge is 0.492 e. The lowest BCUT2D eigenvalue weighted by atomic mass is 10.1. The molecular weight excluding hydrogens is 326 g/mol. The zero-order valence-electron chi connectivity index (χ0n) is 13.8. The molecule has 0 bridgehead atoms. The fourth-order valence-corrected chi connectivity index (χ4v) is 2.53. The third kappa shape index (κ3) is 3.57. The second-order valence-electron chi connectivity index (χ2n) is 5.49. The monoisotopic (exact) mass is 342 g/mol. The van der Waals surface area contributed by atoms with Gasteiger partial charge in [0.1, 0.15) is 17.4 Å². The Hall–Kier alpha value is -3.02. The first-order valence-electron chi connectivity index (χ1n) is 7.78. The summed E-state index contributed by atoms with van der Waals surface area (Å²) in [6, 6.07) is 9.75. The first kappa shape index (κ1) is 16.8. The van der Waals surface area contributed by atoms with E-state index < -0.39 is 11.7 Å². The molecule has 0 spiro atoms. The molecule has 0 aliphatic heterocycles. The number of benzene rings is 2. The number of carbonyl (C=O) groups is 1. The quantitative estimate of drug-likeness (QED) is 0.761. The average molecular weight is 342 g/mol. The standard InChI is InChI=1S/C19H16F2N2O2/c1-3-25-18-10-14(21)6-7-16(18)23-19(24)15-8-12-4-5-13(20)9-17(12)22-11(15)2/h4-10H,3H2,1-2H3,(H,23,24). The van der Waals surface area contributed by atoms with Crippen LogP contribution in [0.2, 0.25) is 0 Å². The molecule has 6 heteroatoms. The van der Waals surface area contributed by atoms with E-state index in [0.717, 1.165) is 0 Å². The fourth-order valence-electron chi connectivity index (χ4n) is 2.53. The summed E-state index contributed by atoms with van der Waals surface area (Å²) in [5.74, 6) is -0.982. The Bertz CT molecular complexity index is 958. The maximum absolute atomic E-state index is 13.4. The molecule has 4 nitrogen and oxygen atoms in total. The highest BCUT2D eigenvalue weighted by atomic mass is 19.1. The minimum atomic E-state index is -0.452. The summed E-state index contributed by atoms with van der Waals surface area (Å²) in [4.78, 5) is 16.9. The normalized spacial score (nSPS) is 10.7. The number of carbonyl (C=O) groups excluding carboxylic acids is 1. The zero-order valence-corrected chi connectivity index (χ0v) is 13.8. The predicted octanol–water partition coefficient (Wildman–Crippen LogP) is 4.47. The number of nitrogens with zero attached hydrogens (tertiary/aromatic N) is 1. The summed E-state index contributed by atoms with van der Waals surface area (Å²) in [5.41, 5.74) is 1.67. The van der Waals surface area contributed by atoms with Crippen molar-refractivity contribution in [2.45, 2.75) is 13.8 Å². The zero-order chi connectivity index (χ0) is 18.0. The van der Waals surface area contributed by atoms with Crippen molar-refractivity contribution in [1.82, 2.24) is 4.98 Å². The Kier molecular flexibility index (Phi) is 4.61. The van der Waals surface area contributed by atoms with Gasteiger partial charge in [-0.05, 0) is 44.2 Å². The molecule has 1 heterocycles. The van der Waals surface area contributed by atoms with Crippen molar-refractivity contribution in [2.75, 3.05) is 11.9 Å². The molecule has 128 valence electrons. The van der Waals surface area contributed by atoms with Crippen LogP contribution < -0.4 is 10.1 Å². The Balaban J connectivity index is 1.95. The van der Waals surface area contributed by atoms with Gasteiger partial charge in [-0.25, -0.2) is 8.78 Å². The number of nitrogens with one attached hydrogen (secondary N) is 1. The maximum atomic E-state index is 13.4. The number of aromatic nitrogens is 1. The Morgan fingerprint density at radius 2 is 1.84 bits per heavy atom. The molecule has 1 N–H and O–H groups in total. The topological polar surface area (TPSA) is 51.2 Å². The lowest BCUT2D eigenvalue weighted by Crippen LogP contribution is -2.15. The van der Waals surface area contributed by atoms with E-state index in [9.17, 15) is 13.6 Å². The van der Waals surface area contributed by atoms with Crippen molar-refractivity contribution in [3.8, 4) is 5.75 Å². The third-order valence-electron chi connectivity index (χ3n) is 3.71. The number of halogens is 2. The van der Waals surface area contributed by atoms with E-state index in [4.69, 9.17) is 4.74 Å². The van der Waals surface area contributed by atoms with Gasteiger partial charge in [0, 0.05) is 17.5 Å². The van der Waals surface area contributed by atoms with Crippen molar-refractivity contribution in [3.05, 3.63) is 65.4 Å². The fraction of sp³-hybridized carbons (Fsp3) is 0.158. The van der Waals surface area contributed by atoms with E-state index in [1.165, 1.54) is 30.3 Å². The van der Waals surface area contributed by atoms with Gasteiger partial charge < -0.3 is 10.1 Å². The minimum Gasteiger partial charge on any atom is -0.492 e. The Morgan fingerprint density at radius 3 is 2.60 bits per heavy atom. The van der Waals surface area contributed by atoms with E-state index >= 15 is 0 Å². The molecule has 2 aromatic carbocycles.